The lowest BCUT2D eigenvalue weighted by molar-refractivity contribution is -0.0528. The van der Waals surface area contributed by atoms with Crippen LogP contribution in [0.2, 0.25) is 0 Å². The molecule has 11 heteroatoms. The van der Waals surface area contributed by atoms with Gasteiger partial charge >= 0.3 is 13.9 Å². The largest absolute Gasteiger partial charge is 0.695 e. The monoisotopic (exact) mass is 391 g/mol. The number of hydrogen-bond donors (Lipinski definition) is 4. The van der Waals surface area contributed by atoms with Crippen LogP contribution in [-0.4, -0.2) is 48.6 Å². The van der Waals surface area contributed by atoms with Crippen molar-refractivity contribution in [3.63, 3.8) is 0 Å². The number of aliphatic hydroxyl groups is 2. The number of nitrogens with zero attached hydrogens (tertiary/aromatic N) is 1. The van der Waals surface area contributed by atoms with Crippen LogP contribution in [0.15, 0.2) is 15.8 Å². The van der Waals surface area contributed by atoms with E-state index in [9.17, 15) is 24.4 Å². The van der Waals surface area contributed by atoms with Crippen LogP contribution in [0, 0.1) is 0 Å². The second-order valence-electron chi connectivity index (χ2n) is 6.45. The van der Waals surface area contributed by atoms with Gasteiger partial charge in [-0.2, -0.15) is 0 Å². The van der Waals surface area contributed by atoms with Crippen molar-refractivity contribution in [2.45, 2.75) is 63.1 Å². The molecule has 1 aliphatic rings. The first-order valence-electron chi connectivity index (χ1n) is 8.30. The Balaban J connectivity index is 2.29. The number of H-pyrrole nitrogens is 1. The molecule has 0 amide bonds. The topological polar surface area (TPSA) is 151 Å². The molecule has 146 valence electrons. The highest BCUT2D eigenvalue weighted by Crippen LogP contribution is 2.41. The van der Waals surface area contributed by atoms with E-state index < -0.39 is 49.5 Å². The summed E-state index contributed by atoms with van der Waals surface area (Å²) in [7, 11) is -1.42. The maximum absolute atomic E-state index is 12.0. The molecule has 1 aromatic rings. The van der Waals surface area contributed by atoms with Crippen LogP contribution in [0.4, 0.5) is 0 Å². The molecule has 0 aliphatic carbocycles. The molecule has 0 aromatic carbocycles. The van der Waals surface area contributed by atoms with Gasteiger partial charge in [0.05, 0.1) is 11.7 Å². The summed E-state index contributed by atoms with van der Waals surface area (Å²) in [5.74, 6) is 0. The minimum Gasteiger partial charge on any atom is -0.388 e. The van der Waals surface area contributed by atoms with Gasteiger partial charge in [-0.15, -0.1) is 9.42 Å². The van der Waals surface area contributed by atoms with Crippen molar-refractivity contribution in [1.82, 2.24) is 9.55 Å². The molecular formula is C15H24N2O8P+. The van der Waals surface area contributed by atoms with E-state index in [0.29, 0.717) is 12.8 Å². The van der Waals surface area contributed by atoms with Gasteiger partial charge in [0.2, 0.25) is 0 Å². The Kier molecular flexibility index (Phi) is 6.49. The van der Waals surface area contributed by atoms with E-state index in [1.54, 1.807) is 13.8 Å². The van der Waals surface area contributed by atoms with Crippen molar-refractivity contribution in [3.05, 3.63) is 32.6 Å². The molecule has 10 nitrogen and oxygen atoms in total. The van der Waals surface area contributed by atoms with E-state index in [4.69, 9.17) is 14.2 Å². The van der Waals surface area contributed by atoms with Gasteiger partial charge in [-0.25, -0.2) is 4.79 Å². The summed E-state index contributed by atoms with van der Waals surface area (Å²) in [6.07, 6.45) is -2.70. The highest BCUT2D eigenvalue weighted by molar-refractivity contribution is 7.32. The maximum atomic E-state index is 12.0. The highest BCUT2D eigenvalue weighted by atomic mass is 31.1. The fourth-order valence-electron chi connectivity index (χ4n) is 3.20. The number of nitrogens with one attached hydrogen (secondary N) is 1. The predicted molar refractivity (Wildman–Crippen MR) is 90.8 cm³/mol. The second-order valence-corrected chi connectivity index (χ2v) is 7.11. The Morgan fingerprint density at radius 1 is 1.31 bits per heavy atom. The van der Waals surface area contributed by atoms with Crippen molar-refractivity contribution in [2.75, 3.05) is 0 Å². The number of aryl methyl sites for hydroxylation is 1. The van der Waals surface area contributed by atoms with E-state index in [0.717, 1.165) is 4.57 Å². The first-order valence-corrected chi connectivity index (χ1v) is 9.44. The lowest BCUT2D eigenvalue weighted by atomic mass is 9.88. The third-order valence-electron chi connectivity index (χ3n) is 4.94. The third-order valence-corrected chi connectivity index (χ3v) is 5.48. The number of aromatic nitrogens is 2. The maximum Gasteiger partial charge on any atom is 0.695 e. The molecule has 0 radical (unpaired) electrons. The lowest BCUT2D eigenvalue weighted by Gasteiger charge is -2.28. The van der Waals surface area contributed by atoms with Gasteiger partial charge in [0.25, 0.3) is 5.56 Å². The van der Waals surface area contributed by atoms with Gasteiger partial charge in [-0.1, -0.05) is 13.8 Å². The van der Waals surface area contributed by atoms with Crippen molar-refractivity contribution in [3.8, 4) is 0 Å². The molecule has 1 saturated heterocycles. The molecule has 2 heterocycles. The normalized spacial score (nSPS) is 26.9. The smallest absolute Gasteiger partial charge is 0.388 e. The zero-order valence-electron chi connectivity index (χ0n) is 14.8. The Hall–Kier alpha value is -1.42. The van der Waals surface area contributed by atoms with Crippen molar-refractivity contribution in [1.29, 1.82) is 0 Å². The first kappa shape index (κ1) is 20.9. The fraction of sp³-hybridized carbons (Fsp3) is 0.733. The summed E-state index contributed by atoms with van der Waals surface area (Å²) in [6.45, 7) is 3.55. The molecule has 2 rings (SSSR count). The van der Waals surface area contributed by atoms with Gasteiger partial charge in [0.1, 0.15) is 23.9 Å². The van der Waals surface area contributed by atoms with Crippen LogP contribution in [-0.2, 0) is 20.9 Å². The summed E-state index contributed by atoms with van der Waals surface area (Å²) in [5.41, 5.74) is -2.33. The molecular weight excluding hydrogens is 367 g/mol. The number of aromatic amines is 1. The van der Waals surface area contributed by atoms with Crippen molar-refractivity contribution >= 4 is 8.25 Å². The van der Waals surface area contributed by atoms with Gasteiger partial charge in [0.15, 0.2) is 0 Å². The lowest BCUT2D eigenvalue weighted by Crippen LogP contribution is -2.39. The molecule has 1 aromatic heterocycles. The predicted octanol–water partition coefficient (Wildman–Crippen LogP) is -0.149. The summed E-state index contributed by atoms with van der Waals surface area (Å²) in [4.78, 5) is 34.7. The standard InChI is InChI=1S/C15H23N2O8P/c1-4-15(5-2,25-26(22)23)6-9-10(18)11(19)12(24-9)8-7-17(3)14(21)16-13(8)20/h7,9-12,18-19H,4-6H2,1-3H3,(H-,16,20,21,22,23)/p+1/t9-,10-,11-,12+/m1/s1. The molecule has 0 spiro atoms. The quantitative estimate of drug-likeness (QED) is 0.469. The molecule has 1 aliphatic heterocycles. The van der Waals surface area contributed by atoms with Crippen LogP contribution in [0.25, 0.3) is 0 Å². The zero-order chi connectivity index (χ0) is 19.6. The fourth-order valence-corrected chi connectivity index (χ4v) is 3.86. The van der Waals surface area contributed by atoms with E-state index in [1.807, 2.05) is 0 Å². The Morgan fingerprint density at radius 2 is 1.92 bits per heavy atom. The van der Waals surface area contributed by atoms with Gasteiger partial charge in [-0.05, 0) is 12.8 Å². The first-order chi connectivity index (χ1) is 12.1. The summed E-state index contributed by atoms with van der Waals surface area (Å²) >= 11 is 0. The van der Waals surface area contributed by atoms with Crippen molar-refractivity contribution in [2.24, 2.45) is 7.05 Å². The summed E-state index contributed by atoms with van der Waals surface area (Å²) < 4.78 is 23.1. The summed E-state index contributed by atoms with van der Waals surface area (Å²) in [6, 6.07) is 0. The van der Waals surface area contributed by atoms with E-state index in [2.05, 4.69) is 4.98 Å². The minimum atomic E-state index is -2.86. The van der Waals surface area contributed by atoms with Crippen LogP contribution in [0.3, 0.4) is 0 Å². The Bertz CT molecular complexity index is 772. The van der Waals surface area contributed by atoms with Crippen LogP contribution in [0.1, 0.15) is 44.8 Å². The van der Waals surface area contributed by atoms with E-state index in [-0.39, 0.29) is 12.0 Å². The molecule has 1 unspecified atom stereocenters. The number of hydrogen-bond acceptors (Lipinski definition) is 7. The van der Waals surface area contributed by atoms with E-state index in [1.165, 1.54) is 13.2 Å². The van der Waals surface area contributed by atoms with Crippen LogP contribution < -0.4 is 11.2 Å². The number of ether oxygens (including phenoxy) is 1. The van der Waals surface area contributed by atoms with Gasteiger partial charge < -0.3 is 19.5 Å². The zero-order valence-corrected chi connectivity index (χ0v) is 15.7. The van der Waals surface area contributed by atoms with Crippen LogP contribution >= 0.6 is 8.25 Å². The van der Waals surface area contributed by atoms with Crippen molar-refractivity contribution < 1.29 is 28.9 Å². The molecule has 0 bridgehead atoms. The molecule has 4 N–H and O–H groups in total. The average Bonchev–Trinajstić information content (AvgIpc) is 2.85. The third kappa shape index (κ3) is 4.11. The number of aliphatic hydroxyl groups excluding tert-OH is 2. The highest BCUT2D eigenvalue weighted by Gasteiger charge is 2.49. The Labute approximate surface area is 150 Å². The average molecular weight is 391 g/mol. The molecule has 5 atom stereocenters. The van der Waals surface area contributed by atoms with Crippen LogP contribution in [0.5, 0.6) is 0 Å². The van der Waals surface area contributed by atoms with Gasteiger partial charge in [0, 0.05) is 24.2 Å². The minimum absolute atomic E-state index is 0.00824. The van der Waals surface area contributed by atoms with Gasteiger partial charge in [-0.3, -0.25) is 9.78 Å². The molecule has 26 heavy (non-hydrogen) atoms. The Morgan fingerprint density at radius 3 is 2.46 bits per heavy atom. The molecule has 0 saturated carbocycles. The summed E-state index contributed by atoms with van der Waals surface area (Å²) in [5, 5.41) is 20.7. The number of rotatable bonds is 7. The molecule has 1 fully saturated rings. The SMILES string of the molecule is CCC(CC)(C[C@H]1O[C@@H](c2cn(C)c(=O)[nH]c2=O)[C@H](O)[C@@H]1O)O[P+](=O)O. The second kappa shape index (κ2) is 8.08. The van der Waals surface area contributed by atoms with E-state index >= 15 is 0 Å².